The summed E-state index contributed by atoms with van der Waals surface area (Å²) in [5, 5.41) is 3.45. The van der Waals surface area contributed by atoms with E-state index in [1.54, 1.807) is 0 Å². The van der Waals surface area contributed by atoms with Crippen molar-refractivity contribution in [1.82, 2.24) is 24.3 Å². The lowest BCUT2D eigenvalue weighted by Crippen LogP contribution is -2.18. The smallest absolute Gasteiger partial charge is 0.226 e. The van der Waals surface area contributed by atoms with Gasteiger partial charge in [0.25, 0.3) is 0 Å². The normalized spacial score (nSPS) is 12.2. The number of pyridine rings is 1. The Hall–Kier alpha value is -3.28. The maximum absolute atomic E-state index is 4.54. The van der Waals surface area contributed by atoms with Gasteiger partial charge in [-0.15, -0.1) is 0 Å². The number of hydrogen-bond acceptors (Lipinski definition) is 5. The van der Waals surface area contributed by atoms with Crippen LogP contribution in [-0.4, -0.2) is 24.3 Å². The first-order chi connectivity index (χ1) is 12.2. The molecule has 0 amide bonds. The number of benzene rings is 1. The second-order valence-corrected chi connectivity index (χ2v) is 5.96. The number of imidazole rings is 1. The fraction of sp³-hybridized carbons (Fsp3) is 0.158. The standard InChI is InChI=1S/C19H18N6/c1-13-6-5-7-14(2)17(13)18(24-19-22-11-20-12-23-19)15-10-21-16-8-3-4-9-25(15)16/h3-12,18H,1-2H3,(H,20,22,23,24). The predicted octanol–water partition coefficient (Wildman–Crippen LogP) is 3.34. The van der Waals surface area contributed by atoms with Gasteiger partial charge in [-0.05, 0) is 42.7 Å². The van der Waals surface area contributed by atoms with Crippen LogP contribution in [0.25, 0.3) is 5.65 Å². The van der Waals surface area contributed by atoms with Crippen molar-refractivity contribution in [3.8, 4) is 0 Å². The molecule has 4 rings (SSSR count). The van der Waals surface area contributed by atoms with Gasteiger partial charge in [-0.2, -0.15) is 0 Å². The number of hydrogen-bond donors (Lipinski definition) is 1. The predicted molar refractivity (Wildman–Crippen MR) is 96.4 cm³/mol. The first kappa shape index (κ1) is 15.3. The quantitative estimate of drug-likeness (QED) is 0.621. The van der Waals surface area contributed by atoms with Gasteiger partial charge in [0.05, 0.1) is 17.9 Å². The Morgan fingerprint density at radius 1 is 0.920 bits per heavy atom. The van der Waals surface area contributed by atoms with E-state index in [0.29, 0.717) is 5.95 Å². The average molecular weight is 330 g/mol. The molecule has 0 bridgehead atoms. The molecule has 0 radical (unpaired) electrons. The molecule has 124 valence electrons. The van der Waals surface area contributed by atoms with Crippen LogP contribution in [0.15, 0.2) is 61.4 Å². The van der Waals surface area contributed by atoms with Crippen LogP contribution in [0, 0.1) is 13.8 Å². The highest BCUT2D eigenvalue weighted by Gasteiger charge is 2.22. The Morgan fingerprint density at radius 2 is 1.68 bits per heavy atom. The molecule has 0 fully saturated rings. The van der Waals surface area contributed by atoms with Gasteiger partial charge in [0, 0.05) is 6.20 Å². The summed E-state index contributed by atoms with van der Waals surface area (Å²) < 4.78 is 2.09. The Kier molecular flexibility index (Phi) is 3.85. The van der Waals surface area contributed by atoms with E-state index in [9.17, 15) is 0 Å². The Bertz CT molecular complexity index is 989. The minimum atomic E-state index is -0.124. The van der Waals surface area contributed by atoms with E-state index in [4.69, 9.17) is 0 Å². The third-order valence-corrected chi connectivity index (χ3v) is 4.34. The molecule has 0 aliphatic rings. The molecule has 0 saturated heterocycles. The number of nitrogens with zero attached hydrogens (tertiary/aromatic N) is 5. The Labute approximate surface area is 145 Å². The fourth-order valence-electron chi connectivity index (χ4n) is 3.19. The van der Waals surface area contributed by atoms with E-state index in [2.05, 4.69) is 61.7 Å². The van der Waals surface area contributed by atoms with Crippen molar-refractivity contribution >= 4 is 11.6 Å². The third-order valence-electron chi connectivity index (χ3n) is 4.34. The number of anilines is 1. The van der Waals surface area contributed by atoms with Crippen LogP contribution in [0.1, 0.15) is 28.4 Å². The maximum atomic E-state index is 4.54. The monoisotopic (exact) mass is 330 g/mol. The van der Waals surface area contributed by atoms with Gasteiger partial charge in [-0.1, -0.05) is 24.3 Å². The molecule has 0 saturated carbocycles. The minimum Gasteiger partial charge on any atom is -0.342 e. The molecule has 4 aromatic rings. The highest BCUT2D eigenvalue weighted by Crippen LogP contribution is 2.30. The van der Waals surface area contributed by atoms with Crippen LogP contribution in [0.2, 0.25) is 0 Å². The van der Waals surface area contributed by atoms with Gasteiger partial charge >= 0.3 is 0 Å². The van der Waals surface area contributed by atoms with Crippen molar-refractivity contribution in [2.45, 2.75) is 19.9 Å². The zero-order valence-electron chi connectivity index (χ0n) is 14.1. The van der Waals surface area contributed by atoms with Crippen LogP contribution in [-0.2, 0) is 0 Å². The molecular weight excluding hydrogens is 312 g/mol. The average Bonchev–Trinajstić information content (AvgIpc) is 3.05. The highest BCUT2D eigenvalue weighted by molar-refractivity contribution is 5.49. The van der Waals surface area contributed by atoms with Crippen LogP contribution in [0.3, 0.4) is 0 Å². The number of aryl methyl sites for hydroxylation is 2. The van der Waals surface area contributed by atoms with Crippen LogP contribution >= 0.6 is 0 Å². The first-order valence-corrected chi connectivity index (χ1v) is 8.10. The van der Waals surface area contributed by atoms with E-state index >= 15 is 0 Å². The van der Waals surface area contributed by atoms with E-state index in [0.717, 1.165) is 11.3 Å². The first-order valence-electron chi connectivity index (χ1n) is 8.10. The summed E-state index contributed by atoms with van der Waals surface area (Å²) >= 11 is 0. The van der Waals surface area contributed by atoms with Gasteiger partial charge in [-0.3, -0.25) is 0 Å². The van der Waals surface area contributed by atoms with Crippen molar-refractivity contribution in [2.24, 2.45) is 0 Å². The van der Waals surface area contributed by atoms with E-state index in [-0.39, 0.29) is 6.04 Å². The highest BCUT2D eigenvalue weighted by atomic mass is 15.2. The second kappa shape index (κ2) is 6.32. The third kappa shape index (κ3) is 2.82. The molecule has 1 aromatic carbocycles. The van der Waals surface area contributed by atoms with Crippen LogP contribution in [0.4, 0.5) is 5.95 Å². The van der Waals surface area contributed by atoms with Crippen molar-refractivity contribution in [3.05, 3.63) is 83.8 Å². The minimum absolute atomic E-state index is 0.124. The largest absolute Gasteiger partial charge is 0.342 e. The van der Waals surface area contributed by atoms with Gasteiger partial charge < -0.3 is 9.72 Å². The number of fused-ring (bicyclic) bond motifs is 1. The Balaban J connectivity index is 1.90. The molecule has 1 N–H and O–H groups in total. The summed E-state index contributed by atoms with van der Waals surface area (Å²) in [6.07, 6.45) is 6.91. The zero-order chi connectivity index (χ0) is 17.2. The summed E-state index contributed by atoms with van der Waals surface area (Å²) in [6.45, 7) is 4.24. The maximum Gasteiger partial charge on any atom is 0.226 e. The number of aromatic nitrogens is 5. The number of nitrogens with one attached hydrogen (secondary N) is 1. The molecular formula is C19H18N6. The second-order valence-electron chi connectivity index (χ2n) is 5.96. The fourth-order valence-corrected chi connectivity index (χ4v) is 3.19. The summed E-state index contributed by atoms with van der Waals surface area (Å²) in [7, 11) is 0. The lowest BCUT2D eigenvalue weighted by molar-refractivity contribution is 0.831. The van der Waals surface area contributed by atoms with Crippen molar-refractivity contribution in [1.29, 1.82) is 0 Å². The summed E-state index contributed by atoms with van der Waals surface area (Å²) in [4.78, 5) is 16.9. The molecule has 6 heteroatoms. The molecule has 3 aromatic heterocycles. The molecule has 1 unspecified atom stereocenters. The summed E-state index contributed by atoms with van der Waals surface area (Å²) in [6, 6.07) is 12.2. The van der Waals surface area contributed by atoms with Crippen molar-refractivity contribution < 1.29 is 0 Å². The SMILES string of the molecule is Cc1cccc(C)c1C(Nc1ncncn1)c1cnc2ccccn12. The van der Waals surface area contributed by atoms with E-state index in [1.165, 1.54) is 29.3 Å². The summed E-state index contributed by atoms with van der Waals surface area (Å²) in [5.41, 5.74) is 5.56. The topological polar surface area (TPSA) is 68.0 Å². The summed E-state index contributed by atoms with van der Waals surface area (Å²) in [5.74, 6) is 0.536. The van der Waals surface area contributed by atoms with Crippen LogP contribution in [0.5, 0.6) is 0 Å². The van der Waals surface area contributed by atoms with E-state index in [1.807, 2.05) is 30.6 Å². The van der Waals surface area contributed by atoms with Gasteiger partial charge in [0.2, 0.25) is 5.95 Å². The molecule has 0 aliphatic heterocycles. The molecule has 6 nitrogen and oxygen atoms in total. The molecule has 0 aliphatic carbocycles. The molecule has 1 atom stereocenters. The van der Waals surface area contributed by atoms with Crippen LogP contribution < -0.4 is 5.32 Å². The van der Waals surface area contributed by atoms with E-state index < -0.39 is 0 Å². The lowest BCUT2D eigenvalue weighted by Gasteiger charge is -2.22. The molecule has 25 heavy (non-hydrogen) atoms. The van der Waals surface area contributed by atoms with Crippen molar-refractivity contribution in [3.63, 3.8) is 0 Å². The Morgan fingerprint density at radius 3 is 2.44 bits per heavy atom. The van der Waals surface area contributed by atoms with Gasteiger partial charge in [-0.25, -0.2) is 19.9 Å². The molecule has 0 spiro atoms. The van der Waals surface area contributed by atoms with Gasteiger partial charge in [0.15, 0.2) is 0 Å². The lowest BCUT2D eigenvalue weighted by atomic mass is 9.94. The van der Waals surface area contributed by atoms with Crippen molar-refractivity contribution in [2.75, 3.05) is 5.32 Å². The number of rotatable bonds is 4. The van der Waals surface area contributed by atoms with Gasteiger partial charge in [0.1, 0.15) is 18.3 Å². The molecule has 3 heterocycles. The zero-order valence-corrected chi connectivity index (χ0v) is 14.1.